The predicted octanol–water partition coefficient (Wildman–Crippen LogP) is 3.66. The van der Waals surface area contributed by atoms with Gasteiger partial charge in [-0.3, -0.25) is 14.5 Å². The number of rotatable bonds is 5. The lowest BCUT2D eigenvalue weighted by molar-refractivity contribution is -0.121. The summed E-state index contributed by atoms with van der Waals surface area (Å²) >= 11 is 0. The van der Waals surface area contributed by atoms with Crippen LogP contribution in [0.15, 0.2) is 54.6 Å². The van der Waals surface area contributed by atoms with E-state index in [1.807, 2.05) is 30.3 Å². The highest BCUT2D eigenvalue weighted by molar-refractivity contribution is 5.97. The van der Waals surface area contributed by atoms with Crippen LogP contribution < -0.4 is 10.2 Å². The van der Waals surface area contributed by atoms with Crippen molar-refractivity contribution in [2.75, 3.05) is 29.9 Å². The average Bonchev–Trinajstić information content (AvgIpc) is 3.15. The molecule has 4 rings (SSSR count). The number of hydrogen-bond donors (Lipinski definition) is 1. The lowest BCUT2D eigenvalue weighted by atomic mass is 9.95. The van der Waals surface area contributed by atoms with Crippen molar-refractivity contribution in [1.29, 1.82) is 0 Å². The Morgan fingerprint density at radius 3 is 2.50 bits per heavy atom. The molecule has 0 bridgehead atoms. The number of nitrogens with one attached hydrogen (secondary N) is 1. The number of carbonyl (C=O) groups is 2. The molecular formula is C23H27N3O2. The quantitative estimate of drug-likeness (QED) is 0.865. The molecule has 0 unspecified atom stereocenters. The fourth-order valence-corrected chi connectivity index (χ4v) is 4.11. The van der Waals surface area contributed by atoms with Crippen LogP contribution in [0.3, 0.4) is 0 Å². The molecule has 28 heavy (non-hydrogen) atoms. The average molecular weight is 377 g/mol. The van der Waals surface area contributed by atoms with Gasteiger partial charge in [0, 0.05) is 36.8 Å². The lowest BCUT2D eigenvalue weighted by Gasteiger charge is -2.31. The molecule has 146 valence electrons. The monoisotopic (exact) mass is 377 g/mol. The standard InChI is InChI=1S/C23H27N3O2/c27-22-10-5-13-26(22)21-9-4-8-20(16-21)24-23(28)19-11-14-25(15-12-19)17-18-6-2-1-3-7-18/h1-4,6-9,16,19H,5,10-15,17H2,(H,24,28). The van der Waals surface area contributed by atoms with Gasteiger partial charge in [0.05, 0.1) is 0 Å². The zero-order valence-electron chi connectivity index (χ0n) is 16.1. The van der Waals surface area contributed by atoms with Crippen LogP contribution in [-0.2, 0) is 16.1 Å². The van der Waals surface area contributed by atoms with E-state index >= 15 is 0 Å². The van der Waals surface area contributed by atoms with Gasteiger partial charge >= 0.3 is 0 Å². The molecule has 2 aromatic carbocycles. The molecule has 2 fully saturated rings. The number of likely N-dealkylation sites (tertiary alicyclic amines) is 1. The van der Waals surface area contributed by atoms with Gasteiger partial charge < -0.3 is 10.2 Å². The van der Waals surface area contributed by atoms with E-state index in [2.05, 4.69) is 34.5 Å². The Hall–Kier alpha value is -2.66. The summed E-state index contributed by atoms with van der Waals surface area (Å²) < 4.78 is 0. The second-order valence-corrected chi connectivity index (χ2v) is 7.72. The second kappa shape index (κ2) is 8.57. The van der Waals surface area contributed by atoms with Gasteiger partial charge in [-0.15, -0.1) is 0 Å². The summed E-state index contributed by atoms with van der Waals surface area (Å²) in [6.07, 6.45) is 3.26. The Balaban J connectivity index is 1.30. The Kier molecular flexibility index (Phi) is 5.72. The van der Waals surface area contributed by atoms with Crippen LogP contribution in [0.1, 0.15) is 31.2 Å². The van der Waals surface area contributed by atoms with Crippen LogP contribution in [0.4, 0.5) is 11.4 Å². The number of benzene rings is 2. The highest BCUT2D eigenvalue weighted by Crippen LogP contribution is 2.26. The van der Waals surface area contributed by atoms with Gasteiger partial charge in [0.2, 0.25) is 11.8 Å². The largest absolute Gasteiger partial charge is 0.326 e. The molecule has 0 atom stereocenters. The third-order valence-corrected chi connectivity index (χ3v) is 5.71. The highest BCUT2D eigenvalue weighted by Gasteiger charge is 2.26. The molecule has 1 N–H and O–H groups in total. The summed E-state index contributed by atoms with van der Waals surface area (Å²) in [4.78, 5) is 28.9. The third kappa shape index (κ3) is 4.42. The molecule has 2 saturated heterocycles. The highest BCUT2D eigenvalue weighted by atomic mass is 16.2. The molecule has 2 amide bonds. The van der Waals surface area contributed by atoms with Crippen LogP contribution in [0.5, 0.6) is 0 Å². The van der Waals surface area contributed by atoms with E-state index in [0.29, 0.717) is 6.42 Å². The van der Waals surface area contributed by atoms with Gasteiger partial charge in [-0.2, -0.15) is 0 Å². The van der Waals surface area contributed by atoms with Crippen LogP contribution in [0.25, 0.3) is 0 Å². The maximum Gasteiger partial charge on any atom is 0.227 e. The fourth-order valence-electron chi connectivity index (χ4n) is 4.11. The number of nitrogens with zero attached hydrogens (tertiary/aromatic N) is 2. The van der Waals surface area contributed by atoms with E-state index in [1.54, 1.807) is 4.90 Å². The van der Waals surface area contributed by atoms with Gasteiger partial charge in [0.25, 0.3) is 0 Å². The maximum atomic E-state index is 12.7. The summed E-state index contributed by atoms with van der Waals surface area (Å²) in [5.41, 5.74) is 2.96. The van der Waals surface area contributed by atoms with Crippen molar-refractivity contribution in [3.8, 4) is 0 Å². The number of piperidine rings is 1. The van der Waals surface area contributed by atoms with Gasteiger partial charge in [-0.1, -0.05) is 36.4 Å². The predicted molar refractivity (Wildman–Crippen MR) is 111 cm³/mol. The molecule has 0 saturated carbocycles. The minimum absolute atomic E-state index is 0.0455. The summed E-state index contributed by atoms with van der Waals surface area (Å²) in [6, 6.07) is 18.1. The Morgan fingerprint density at radius 1 is 1.00 bits per heavy atom. The minimum Gasteiger partial charge on any atom is -0.326 e. The molecular weight excluding hydrogens is 350 g/mol. The van der Waals surface area contributed by atoms with Crippen LogP contribution in [0.2, 0.25) is 0 Å². The summed E-state index contributed by atoms with van der Waals surface area (Å²) in [5.74, 6) is 0.294. The maximum absolute atomic E-state index is 12.7. The van der Waals surface area contributed by atoms with Crippen molar-refractivity contribution in [1.82, 2.24) is 4.90 Å². The number of anilines is 2. The molecule has 0 aromatic heterocycles. The van der Waals surface area contributed by atoms with Crippen molar-refractivity contribution in [2.24, 2.45) is 5.92 Å². The zero-order valence-corrected chi connectivity index (χ0v) is 16.1. The van der Waals surface area contributed by atoms with E-state index in [-0.39, 0.29) is 17.7 Å². The SMILES string of the molecule is O=C(Nc1cccc(N2CCCC2=O)c1)C1CCN(Cc2ccccc2)CC1. The smallest absolute Gasteiger partial charge is 0.227 e. The van der Waals surface area contributed by atoms with Gasteiger partial charge in [-0.05, 0) is 56.1 Å². The zero-order chi connectivity index (χ0) is 19.3. The molecule has 2 heterocycles. The van der Waals surface area contributed by atoms with Crippen molar-refractivity contribution >= 4 is 23.2 Å². The molecule has 0 spiro atoms. The van der Waals surface area contributed by atoms with E-state index in [1.165, 1.54) is 5.56 Å². The van der Waals surface area contributed by atoms with Crippen molar-refractivity contribution in [2.45, 2.75) is 32.2 Å². The Labute approximate surface area is 166 Å². The van der Waals surface area contributed by atoms with Crippen molar-refractivity contribution in [3.05, 3.63) is 60.2 Å². The van der Waals surface area contributed by atoms with Gasteiger partial charge in [0.15, 0.2) is 0 Å². The topological polar surface area (TPSA) is 52.7 Å². The third-order valence-electron chi connectivity index (χ3n) is 5.71. The van der Waals surface area contributed by atoms with Crippen molar-refractivity contribution < 1.29 is 9.59 Å². The molecule has 0 aliphatic carbocycles. The lowest BCUT2D eigenvalue weighted by Crippen LogP contribution is -2.37. The fraction of sp³-hybridized carbons (Fsp3) is 0.391. The normalized spacial score (nSPS) is 18.4. The molecule has 2 aliphatic heterocycles. The number of hydrogen-bond acceptors (Lipinski definition) is 3. The Bertz CT molecular complexity index is 829. The van der Waals surface area contributed by atoms with E-state index in [9.17, 15) is 9.59 Å². The van der Waals surface area contributed by atoms with Crippen molar-refractivity contribution in [3.63, 3.8) is 0 Å². The van der Waals surface area contributed by atoms with E-state index in [0.717, 1.165) is 56.8 Å². The van der Waals surface area contributed by atoms with E-state index in [4.69, 9.17) is 0 Å². The Morgan fingerprint density at radius 2 is 1.79 bits per heavy atom. The minimum atomic E-state index is 0.0455. The number of carbonyl (C=O) groups excluding carboxylic acids is 2. The molecule has 2 aromatic rings. The first-order valence-electron chi connectivity index (χ1n) is 10.2. The first-order chi connectivity index (χ1) is 13.7. The van der Waals surface area contributed by atoms with E-state index < -0.39 is 0 Å². The molecule has 2 aliphatic rings. The van der Waals surface area contributed by atoms with Crippen LogP contribution in [0, 0.1) is 5.92 Å². The van der Waals surface area contributed by atoms with Gasteiger partial charge in [-0.25, -0.2) is 0 Å². The van der Waals surface area contributed by atoms with Gasteiger partial charge in [0.1, 0.15) is 0 Å². The molecule has 5 nitrogen and oxygen atoms in total. The summed E-state index contributed by atoms with van der Waals surface area (Å²) in [6.45, 7) is 3.59. The van der Waals surface area contributed by atoms with Crippen LogP contribution >= 0.6 is 0 Å². The molecule has 0 radical (unpaired) electrons. The molecule has 5 heteroatoms. The number of amides is 2. The second-order valence-electron chi connectivity index (χ2n) is 7.72. The first-order valence-corrected chi connectivity index (χ1v) is 10.2. The summed E-state index contributed by atoms with van der Waals surface area (Å²) in [5, 5.41) is 3.06. The van der Waals surface area contributed by atoms with Crippen LogP contribution in [-0.4, -0.2) is 36.3 Å². The summed E-state index contributed by atoms with van der Waals surface area (Å²) in [7, 11) is 0. The first kappa shape index (κ1) is 18.7.